The Labute approximate surface area is 152 Å². The Balaban J connectivity index is 1.39. The number of carbonyl (C=O) groups excluding carboxylic acids is 1. The summed E-state index contributed by atoms with van der Waals surface area (Å²) in [7, 11) is 0. The van der Waals surface area contributed by atoms with Crippen molar-refractivity contribution in [3.05, 3.63) is 41.7 Å². The maximum atomic E-state index is 12.6. The van der Waals surface area contributed by atoms with Crippen LogP contribution in [0, 0.1) is 0 Å². The van der Waals surface area contributed by atoms with Crippen molar-refractivity contribution in [3.8, 4) is 0 Å². The molecule has 0 spiro atoms. The lowest BCUT2D eigenvalue weighted by Crippen LogP contribution is -2.33. The van der Waals surface area contributed by atoms with Gasteiger partial charge in [-0.15, -0.1) is 0 Å². The summed E-state index contributed by atoms with van der Waals surface area (Å²) in [6, 6.07) is 4.07. The number of hydrogen-bond donors (Lipinski definition) is 1. The number of aromatic nitrogens is 2. The normalized spacial score (nSPS) is 19.8. The van der Waals surface area contributed by atoms with Crippen LogP contribution in [0.25, 0.3) is 0 Å². The smallest absolute Gasteiger partial charge is 0.223 e. The summed E-state index contributed by atoms with van der Waals surface area (Å²) in [5, 5.41) is 3.49. The fourth-order valence-corrected chi connectivity index (χ4v) is 3.58. The summed E-state index contributed by atoms with van der Waals surface area (Å²) < 4.78 is 10.8. The zero-order chi connectivity index (χ0) is 17.8. The number of ether oxygens (including phenoxy) is 1. The third kappa shape index (κ3) is 3.88. The Hall–Kier alpha value is -2.41. The zero-order valence-electron chi connectivity index (χ0n) is 14.8. The molecule has 2 aliphatic rings. The first-order valence-electron chi connectivity index (χ1n) is 9.27. The lowest BCUT2D eigenvalue weighted by atomic mass is 10.1. The summed E-state index contributed by atoms with van der Waals surface area (Å²) in [5.74, 6) is 1.92. The van der Waals surface area contributed by atoms with Crippen LogP contribution in [-0.4, -0.2) is 53.1 Å². The number of hydrogen-bond acceptors (Lipinski definition) is 6. The molecule has 2 aliphatic heterocycles. The molecule has 1 fully saturated rings. The molecule has 7 heteroatoms. The highest BCUT2D eigenvalue weighted by Crippen LogP contribution is 2.23. The largest absolute Gasteiger partial charge is 0.469 e. The second kappa shape index (κ2) is 7.86. The van der Waals surface area contributed by atoms with Crippen LogP contribution in [0.3, 0.4) is 0 Å². The monoisotopic (exact) mass is 356 g/mol. The fraction of sp³-hybridized carbons (Fsp3) is 0.526. The summed E-state index contributed by atoms with van der Waals surface area (Å²) >= 11 is 0. The highest BCUT2D eigenvalue weighted by Gasteiger charge is 2.23. The summed E-state index contributed by atoms with van der Waals surface area (Å²) in [4.78, 5) is 23.4. The van der Waals surface area contributed by atoms with Crippen molar-refractivity contribution >= 4 is 11.7 Å². The Morgan fingerprint density at radius 1 is 1.31 bits per heavy atom. The molecule has 0 bridgehead atoms. The first-order chi connectivity index (χ1) is 12.8. The van der Waals surface area contributed by atoms with Crippen LogP contribution in [0.2, 0.25) is 0 Å². The molecule has 2 aromatic heterocycles. The number of aryl methyl sites for hydroxylation is 1. The van der Waals surface area contributed by atoms with Gasteiger partial charge in [0.05, 0.1) is 24.6 Å². The molecule has 2 aromatic rings. The molecule has 7 nitrogen and oxygen atoms in total. The molecule has 4 heterocycles. The van der Waals surface area contributed by atoms with Crippen molar-refractivity contribution in [2.45, 2.75) is 38.1 Å². The van der Waals surface area contributed by atoms with Gasteiger partial charge in [-0.2, -0.15) is 0 Å². The number of carbonyl (C=O) groups is 1. The summed E-state index contributed by atoms with van der Waals surface area (Å²) in [5.41, 5.74) is 2.18. The van der Waals surface area contributed by atoms with Crippen molar-refractivity contribution in [2.75, 3.05) is 31.6 Å². The van der Waals surface area contributed by atoms with Gasteiger partial charge in [0.2, 0.25) is 5.91 Å². The van der Waals surface area contributed by atoms with Crippen LogP contribution < -0.4 is 5.32 Å². The van der Waals surface area contributed by atoms with Gasteiger partial charge in [0, 0.05) is 44.5 Å². The van der Waals surface area contributed by atoms with Crippen LogP contribution in [0.5, 0.6) is 0 Å². The lowest BCUT2D eigenvalue weighted by molar-refractivity contribution is -0.131. The van der Waals surface area contributed by atoms with Gasteiger partial charge in [-0.3, -0.25) is 4.79 Å². The molecule has 1 atom stereocenters. The van der Waals surface area contributed by atoms with Gasteiger partial charge in [-0.05, 0) is 25.0 Å². The number of nitrogens with zero attached hydrogens (tertiary/aromatic N) is 3. The molecule has 0 saturated carbocycles. The van der Waals surface area contributed by atoms with E-state index in [1.54, 1.807) is 12.6 Å². The SMILES string of the molecule is O=C(CCc1ccco1)N1CCc2ncnc(N[C@@H]3CCOC3)c2CC1. The molecule has 138 valence electrons. The van der Waals surface area contributed by atoms with Gasteiger partial charge in [0.25, 0.3) is 0 Å². The van der Waals surface area contributed by atoms with Gasteiger partial charge >= 0.3 is 0 Å². The van der Waals surface area contributed by atoms with E-state index in [9.17, 15) is 4.79 Å². The Kier molecular flexibility index (Phi) is 5.15. The molecule has 1 saturated heterocycles. The molecular weight excluding hydrogens is 332 g/mol. The molecule has 1 amide bonds. The number of furan rings is 1. The second-order valence-electron chi connectivity index (χ2n) is 6.81. The number of nitrogens with one attached hydrogen (secondary N) is 1. The van der Waals surface area contributed by atoms with E-state index in [4.69, 9.17) is 9.15 Å². The zero-order valence-corrected chi connectivity index (χ0v) is 14.8. The maximum absolute atomic E-state index is 12.6. The van der Waals surface area contributed by atoms with E-state index in [-0.39, 0.29) is 5.91 Å². The third-order valence-electron chi connectivity index (χ3n) is 5.07. The van der Waals surface area contributed by atoms with Crippen LogP contribution in [0.4, 0.5) is 5.82 Å². The predicted octanol–water partition coefficient (Wildman–Crippen LogP) is 1.83. The molecule has 4 rings (SSSR count). The van der Waals surface area contributed by atoms with Crippen molar-refractivity contribution in [3.63, 3.8) is 0 Å². The maximum Gasteiger partial charge on any atom is 0.223 e. The van der Waals surface area contributed by atoms with Gasteiger partial charge in [-0.1, -0.05) is 0 Å². The highest BCUT2D eigenvalue weighted by atomic mass is 16.5. The fourth-order valence-electron chi connectivity index (χ4n) is 3.58. The highest BCUT2D eigenvalue weighted by molar-refractivity contribution is 5.76. The molecular formula is C19H24N4O3. The Bertz CT molecular complexity index is 741. The standard InChI is InChI=1S/C19H24N4O3/c24-18(4-3-15-2-1-10-26-15)23-8-5-16-17(6-9-23)20-13-21-19(16)22-14-7-11-25-12-14/h1-2,10,13-14H,3-9,11-12H2,(H,20,21,22)/t14-/m1/s1. The van der Waals surface area contributed by atoms with E-state index in [0.717, 1.165) is 55.3 Å². The van der Waals surface area contributed by atoms with Gasteiger partial charge < -0.3 is 19.4 Å². The second-order valence-corrected chi connectivity index (χ2v) is 6.81. The van der Waals surface area contributed by atoms with E-state index >= 15 is 0 Å². The third-order valence-corrected chi connectivity index (χ3v) is 5.07. The van der Waals surface area contributed by atoms with Crippen molar-refractivity contribution in [1.82, 2.24) is 14.9 Å². The number of amides is 1. The predicted molar refractivity (Wildman–Crippen MR) is 95.9 cm³/mol. The quantitative estimate of drug-likeness (QED) is 0.880. The summed E-state index contributed by atoms with van der Waals surface area (Å²) in [6.45, 7) is 2.92. The van der Waals surface area contributed by atoms with Crippen LogP contribution in [0.1, 0.15) is 29.9 Å². The van der Waals surface area contributed by atoms with Gasteiger partial charge in [0.15, 0.2) is 0 Å². The van der Waals surface area contributed by atoms with Crippen molar-refractivity contribution in [2.24, 2.45) is 0 Å². The van der Waals surface area contributed by atoms with Crippen LogP contribution in [-0.2, 0) is 28.8 Å². The molecule has 26 heavy (non-hydrogen) atoms. The van der Waals surface area contributed by atoms with E-state index < -0.39 is 0 Å². The van der Waals surface area contributed by atoms with Crippen LogP contribution >= 0.6 is 0 Å². The van der Waals surface area contributed by atoms with E-state index in [2.05, 4.69) is 15.3 Å². The van der Waals surface area contributed by atoms with Crippen molar-refractivity contribution in [1.29, 1.82) is 0 Å². The number of anilines is 1. The number of rotatable bonds is 5. The van der Waals surface area contributed by atoms with Gasteiger partial charge in [-0.25, -0.2) is 9.97 Å². The Morgan fingerprint density at radius 2 is 2.23 bits per heavy atom. The van der Waals surface area contributed by atoms with E-state index in [0.29, 0.717) is 32.0 Å². The van der Waals surface area contributed by atoms with Gasteiger partial charge in [0.1, 0.15) is 17.9 Å². The molecule has 0 unspecified atom stereocenters. The number of fused-ring (bicyclic) bond motifs is 1. The molecule has 1 N–H and O–H groups in total. The topological polar surface area (TPSA) is 80.5 Å². The lowest BCUT2D eigenvalue weighted by Gasteiger charge is -2.20. The Morgan fingerprint density at radius 3 is 3.04 bits per heavy atom. The average molecular weight is 356 g/mol. The van der Waals surface area contributed by atoms with Crippen molar-refractivity contribution < 1.29 is 13.9 Å². The van der Waals surface area contributed by atoms with E-state index in [1.807, 2.05) is 17.0 Å². The molecule has 0 aromatic carbocycles. The minimum atomic E-state index is 0.167. The minimum absolute atomic E-state index is 0.167. The first-order valence-corrected chi connectivity index (χ1v) is 9.27. The average Bonchev–Trinajstić information content (AvgIpc) is 3.31. The summed E-state index contributed by atoms with van der Waals surface area (Å²) in [6.07, 6.45) is 6.91. The minimum Gasteiger partial charge on any atom is -0.469 e. The van der Waals surface area contributed by atoms with Crippen LogP contribution in [0.15, 0.2) is 29.1 Å². The molecule has 0 radical (unpaired) electrons. The van der Waals surface area contributed by atoms with E-state index in [1.165, 1.54) is 0 Å². The first kappa shape index (κ1) is 17.0. The molecule has 0 aliphatic carbocycles.